The van der Waals surface area contributed by atoms with Crippen molar-refractivity contribution in [2.24, 2.45) is 15.9 Å². The minimum Gasteiger partial charge on any atom is -0.272 e. The summed E-state index contributed by atoms with van der Waals surface area (Å²) in [6.45, 7) is 1.72. The predicted molar refractivity (Wildman–Crippen MR) is 103 cm³/mol. The Labute approximate surface area is 171 Å². The van der Waals surface area contributed by atoms with E-state index in [0.717, 1.165) is 6.07 Å². The second kappa shape index (κ2) is 6.40. The summed E-state index contributed by atoms with van der Waals surface area (Å²) in [6, 6.07) is 6.83. The summed E-state index contributed by atoms with van der Waals surface area (Å²) in [4.78, 5) is 13.2. The van der Waals surface area contributed by atoms with Gasteiger partial charge < -0.3 is 0 Å². The molecule has 4 aliphatic rings. The number of carbonyl (C=O) groups is 1. The number of carbonyl (C=O) groups excluding carboxylic acids is 1. The SMILES string of the molecule is Cc1cc(F)cc(C(F)C23CC(C(=O)N4N=CCC4c4cc(F)cc(F)c4)(C2)C3)c1. The van der Waals surface area contributed by atoms with E-state index in [-0.39, 0.29) is 5.91 Å². The molecule has 30 heavy (non-hydrogen) atoms. The molecule has 2 aromatic carbocycles. The fourth-order valence-electron chi connectivity index (χ4n) is 5.52. The van der Waals surface area contributed by atoms with E-state index >= 15 is 4.39 Å². The summed E-state index contributed by atoms with van der Waals surface area (Å²) in [5.74, 6) is -2.13. The van der Waals surface area contributed by atoms with Crippen LogP contribution in [0.5, 0.6) is 0 Å². The average Bonchev–Trinajstić information content (AvgIpc) is 3.07. The Hall–Kier alpha value is -2.70. The first kappa shape index (κ1) is 19.3. The molecule has 0 N–H and O–H groups in total. The number of hydrogen-bond donors (Lipinski definition) is 0. The summed E-state index contributed by atoms with van der Waals surface area (Å²) >= 11 is 0. The highest BCUT2D eigenvalue weighted by Crippen LogP contribution is 2.78. The van der Waals surface area contributed by atoms with Crippen molar-refractivity contribution in [3.05, 3.63) is 70.5 Å². The van der Waals surface area contributed by atoms with Crippen LogP contribution < -0.4 is 0 Å². The van der Waals surface area contributed by atoms with Crippen LogP contribution >= 0.6 is 0 Å². The first-order valence-electron chi connectivity index (χ1n) is 9.95. The van der Waals surface area contributed by atoms with Crippen molar-refractivity contribution < 1.29 is 22.4 Å². The van der Waals surface area contributed by atoms with Gasteiger partial charge in [-0.1, -0.05) is 6.07 Å². The zero-order valence-electron chi connectivity index (χ0n) is 16.3. The molecule has 3 aliphatic carbocycles. The zero-order valence-corrected chi connectivity index (χ0v) is 16.3. The number of hydrogen-bond acceptors (Lipinski definition) is 2. The predicted octanol–water partition coefficient (Wildman–Crippen LogP) is 5.55. The number of alkyl halides is 1. The van der Waals surface area contributed by atoms with Crippen molar-refractivity contribution in [2.75, 3.05) is 0 Å². The standard InChI is InChI=1S/C23H20F4N2O/c1-13-4-15(8-16(24)5-13)20(27)22-10-23(11-22,12-22)21(30)29-19(2-3-28-29)14-6-17(25)9-18(26)7-14/h3-9,19-20H,2,10-12H2,1H3. The number of rotatable bonds is 4. The highest BCUT2D eigenvalue weighted by atomic mass is 19.1. The van der Waals surface area contributed by atoms with Crippen LogP contribution in [0.25, 0.3) is 0 Å². The van der Waals surface area contributed by atoms with Crippen molar-refractivity contribution in [1.29, 1.82) is 0 Å². The molecule has 2 atom stereocenters. The number of halogens is 4. The van der Waals surface area contributed by atoms with Crippen LogP contribution in [0.1, 0.15) is 54.6 Å². The van der Waals surface area contributed by atoms with Gasteiger partial charge in [0.15, 0.2) is 0 Å². The highest BCUT2D eigenvalue weighted by Gasteiger charge is 2.75. The number of hydrazone groups is 1. The molecule has 3 fully saturated rings. The van der Waals surface area contributed by atoms with E-state index in [1.54, 1.807) is 19.2 Å². The molecule has 7 heteroatoms. The summed E-state index contributed by atoms with van der Waals surface area (Å²) in [5, 5.41) is 5.43. The zero-order chi connectivity index (χ0) is 21.3. The number of benzene rings is 2. The maximum atomic E-state index is 15.2. The molecule has 2 aromatic rings. The van der Waals surface area contributed by atoms with Crippen LogP contribution in [-0.2, 0) is 4.79 Å². The third kappa shape index (κ3) is 2.78. The molecule has 3 nitrogen and oxygen atoms in total. The number of aryl methyl sites for hydroxylation is 1. The fraction of sp³-hybridized carbons (Fsp3) is 0.391. The van der Waals surface area contributed by atoms with Crippen molar-refractivity contribution in [2.45, 2.75) is 44.8 Å². The van der Waals surface area contributed by atoms with Gasteiger partial charge in [0.25, 0.3) is 0 Å². The molecule has 3 saturated carbocycles. The third-order valence-corrected chi connectivity index (χ3v) is 6.73. The second-order valence-corrected chi connectivity index (χ2v) is 9.00. The molecule has 0 saturated heterocycles. The van der Waals surface area contributed by atoms with Gasteiger partial charge in [-0.15, -0.1) is 0 Å². The van der Waals surface area contributed by atoms with Crippen LogP contribution in [0.4, 0.5) is 17.6 Å². The topological polar surface area (TPSA) is 32.7 Å². The van der Waals surface area contributed by atoms with E-state index in [0.29, 0.717) is 42.4 Å². The van der Waals surface area contributed by atoms with E-state index in [4.69, 9.17) is 0 Å². The van der Waals surface area contributed by atoms with Gasteiger partial charge in [-0.05, 0) is 67.1 Å². The molecule has 1 amide bonds. The Morgan fingerprint density at radius 2 is 1.67 bits per heavy atom. The lowest BCUT2D eigenvalue weighted by Gasteiger charge is -2.70. The Balaban J connectivity index is 1.32. The van der Waals surface area contributed by atoms with Gasteiger partial charge in [-0.2, -0.15) is 5.10 Å². The first-order valence-corrected chi connectivity index (χ1v) is 9.95. The lowest BCUT2D eigenvalue weighted by atomic mass is 9.33. The lowest BCUT2D eigenvalue weighted by molar-refractivity contribution is -0.242. The van der Waals surface area contributed by atoms with Crippen LogP contribution in [0.2, 0.25) is 0 Å². The summed E-state index contributed by atoms with van der Waals surface area (Å²) < 4.78 is 56.1. The van der Waals surface area contributed by atoms with Crippen molar-refractivity contribution in [3.63, 3.8) is 0 Å². The maximum absolute atomic E-state index is 15.2. The number of amides is 1. The van der Waals surface area contributed by atoms with Gasteiger partial charge in [0.1, 0.15) is 23.6 Å². The minimum atomic E-state index is -1.34. The quantitative estimate of drug-likeness (QED) is 0.602. The fourth-order valence-corrected chi connectivity index (χ4v) is 5.52. The van der Waals surface area contributed by atoms with Crippen LogP contribution in [-0.4, -0.2) is 17.1 Å². The Bertz CT molecular complexity index is 1020. The van der Waals surface area contributed by atoms with E-state index in [2.05, 4.69) is 5.10 Å². The van der Waals surface area contributed by atoms with Gasteiger partial charge in [-0.25, -0.2) is 22.6 Å². The van der Waals surface area contributed by atoms with Crippen LogP contribution in [0.3, 0.4) is 0 Å². The van der Waals surface area contributed by atoms with Crippen molar-refractivity contribution in [1.82, 2.24) is 5.01 Å². The molecule has 1 aliphatic heterocycles. The van der Waals surface area contributed by atoms with E-state index in [9.17, 15) is 18.0 Å². The smallest absolute Gasteiger partial charge is 0.249 e. The van der Waals surface area contributed by atoms with Gasteiger partial charge in [0.05, 0.1) is 11.5 Å². The maximum Gasteiger partial charge on any atom is 0.249 e. The second-order valence-electron chi connectivity index (χ2n) is 9.00. The summed E-state index contributed by atoms with van der Waals surface area (Å²) in [6.07, 6.45) is 1.69. The van der Waals surface area contributed by atoms with Gasteiger partial charge in [0, 0.05) is 24.1 Å². The van der Waals surface area contributed by atoms with E-state index in [1.807, 2.05) is 0 Å². The minimum absolute atomic E-state index is 0.240. The highest BCUT2D eigenvalue weighted by molar-refractivity contribution is 5.88. The molecular weight excluding hydrogens is 396 g/mol. The monoisotopic (exact) mass is 416 g/mol. The largest absolute Gasteiger partial charge is 0.272 e. The van der Waals surface area contributed by atoms with Crippen molar-refractivity contribution >= 4 is 12.1 Å². The summed E-state index contributed by atoms with van der Waals surface area (Å²) in [5.41, 5.74) is -0.0430. The average molecular weight is 416 g/mol. The van der Waals surface area contributed by atoms with Gasteiger partial charge in [0.2, 0.25) is 5.91 Å². The summed E-state index contributed by atoms with van der Waals surface area (Å²) in [7, 11) is 0. The van der Waals surface area contributed by atoms with Crippen LogP contribution in [0, 0.1) is 35.2 Å². The normalized spacial score (nSPS) is 30.0. The lowest BCUT2D eigenvalue weighted by Crippen LogP contribution is -2.69. The Morgan fingerprint density at radius 1 is 1.03 bits per heavy atom. The van der Waals surface area contributed by atoms with E-state index in [1.165, 1.54) is 29.3 Å². The van der Waals surface area contributed by atoms with Gasteiger partial charge >= 0.3 is 0 Å². The molecule has 0 spiro atoms. The molecule has 2 bridgehead atoms. The molecule has 6 rings (SSSR count). The Morgan fingerprint density at radius 3 is 2.30 bits per heavy atom. The Kier molecular flexibility index (Phi) is 4.11. The molecule has 2 unspecified atom stereocenters. The molecule has 156 valence electrons. The van der Waals surface area contributed by atoms with Gasteiger partial charge in [-0.3, -0.25) is 4.79 Å². The molecule has 0 radical (unpaired) electrons. The van der Waals surface area contributed by atoms with Crippen LogP contribution in [0.15, 0.2) is 41.5 Å². The van der Waals surface area contributed by atoms with Crippen molar-refractivity contribution in [3.8, 4) is 0 Å². The molecular formula is C23H20F4N2O. The third-order valence-electron chi connectivity index (χ3n) is 6.73. The number of nitrogens with zero attached hydrogens (tertiary/aromatic N) is 2. The molecule has 1 heterocycles. The van der Waals surface area contributed by atoms with E-state index < -0.39 is 40.5 Å². The first-order chi connectivity index (χ1) is 14.2. The molecule has 0 aromatic heterocycles.